The maximum Gasteiger partial charge on any atom is 0.343 e. The van der Waals surface area contributed by atoms with Crippen molar-refractivity contribution >= 4 is 18.4 Å². The van der Waals surface area contributed by atoms with Gasteiger partial charge in [0, 0.05) is 5.92 Å². The minimum Gasteiger partial charge on any atom is -0.486 e. The summed E-state index contributed by atoms with van der Waals surface area (Å²) < 4.78 is 9.72. The summed E-state index contributed by atoms with van der Waals surface area (Å²) in [6.07, 6.45) is 7.65. The Labute approximate surface area is 104 Å². The molecular formula is C11H14N2O5. The molecule has 1 rings (SSSR count). The first-order chi connectivity index (χ1) is 8.71. The summed E-state index contributed by atoms with van der Waals surface area (Å²) in [7, 11) is 1.26. The molecule has 1 aliphatic carbocycles. The van der Waals surface area contributed by atoms with Crippen molar-refractivity contribution in [3.8, 4) is 0 Å². The van der Waals surface area contributed by atoms with Crippen LogP contribution in [0, 0.1) is 11.8 Å². The summed E-state index contributed by atoms with van der Waals surface area (Å²) >= 11 is 0. The first kappa shape index (κ1) is 13.8. The molecule has 0 amide bonds. The van der Waals surface area contributed by atoms with Crippen molar-refractivity contribution in [1.82, 2.24) is 0 Å². The zero-order valence-electron chi connectivity index (χ0n) is 9.76. The minimum absolute atomic E-state index is 0.241. The summed E-state index contributed by atoms with van der Waals surface area (Å²) in [5.41, 5.74) is 0. The van der Waals surface area contributed by atoms with Gasteiger partial charge >= 0.3 is 5.97 Å². The molecule has 0 heterocycles. The van der Waals surface area contributed by atoms with Crippen molar-refractivity contribution in [1.29, 1.82) is 0 Å². The van der Waals surface area contributed by atoms with Gasteiger partial charge in [0.15, 0.2) is 6.61 Å². The zero-order valence-corrected chi connectivity index (χ0v) is 9.76. The second kappa shape index (κ2) is 7.10. The third kappa shape index (κ3) is 3.93. The van der Waals surface area contributed by atoms with Crippen molar-refractivity contribution in [3.63, 3.8) is 0 Å². The highest BCUT2D eigenvalue weighted by molar-refractivity contribution is 5.73. The lowest BCUT2D eigenvalue weighted by Crippen LogP contribution is -2.18. The third-order valence-electron chi connectivity index (χ3n) is 2.28. The number of nitrogens with zero attached hydrogens (tertiary/aromatic N) is 2. The predicted molar refractivity (Wildman–Crippen MR) is 62.7 cm³/mol. The lowest BCUT2D eigenvalue weighted by molar-refractivity contribution is -0.144. The molecule has 0 aromatic rings. The van der Waals surface area contributed by atoms with Gasteiger partial charge in [0.1, 0.15) is 5.76 Å². The molecule has 0 saturated carbocycles. The normalized spacial score (nSPS) is 23.3. The minimum atomic E-state index is -0.516. The van der Waals surface area contributed by atoms with Crippen molar-refractivity contribution in [3.05, 3.63) is 24.0 Å². The standard InChI is InChI=1S/C11H14N2O5/c1-17-11(14)7-18-10-4-8(5-12-15)2-3-9(10)6-13-16/h2-6,8-9,15-16H,7H2,1H3/b12-5-,13-6-. The SMILES string of the molecule is COC(=O)COC1=CC(/C=N\O)C=CC1/C=N\O. The molecule has 2 N–H and O–H groups in total. The fraction of sp³-hybridized carbons (Fsp3) is 0.364. The van der Waals surface area contributed by atoms with Gasteiger partial charge in [-0.2, -0.15) is 0 Å². The molecule has 1 aliphatic rings. The number of carbonyl (C=O) groups excluding carboxylic acids is 1. The Bertz CT molecular complexity index is 400. The van der Waals surface area contributed by atoms with Gasteiger partial charge in [-0.1, -0.05) is 12.2 Å². The Kier molecular flexibility index (Phi) is 5.43. The zero-order chi connectivity index (χ0) is 13.4. The van der Waals surface area contributed by atoms with Crippen LogP contribution in [0.5, 0.6) is 0 Å². The van der Waals surface area contributed by atoms with Crippen LogP contribution in [0.15, 0.2) is 34.3 Å². The summed E-state index contributed by atoms with van der Waals surface area (Å²) in [6.45, 7) is -0.241. The number of rotatable bonds is 5. The van der Waals surface area contributed by atoms with Gasteiger partial charge in [-0.15, -0.1) is 10.3 Å². The average Bonchev–Trinajstić information content (AvgIpc) is 2.39. The number of hydrogen-bond acceptors (Lipinski definition) is 7. The van der Waals surface area contributed by atoms with E-state index in [0.29, 0.717) is 5.76 Å². The van der Waals surface area contributed by atoms with Crippen LogP contribution in [0.2, 0.25) is 0 Å². The van der Waals surface area contributed by atoms with Gasteiger partial charge in [0.2, 0.25) is 0 Å². The van der Waals surface area contributed by atoms with Crippen LogP contribution >= 0.6 is 0 Å². The molecule has 0 fully saturated rings. The molecule has 0 aromatic carbocycles. The van der Waals surface area contributed by atoms with Gasteiger partial charge in [-0.3, -0.25) is 0 Å². The average molecular weight is 254 g/mol. The Hall–Kier alpha value is -2.31. The van der Waals surface area contributed by atoms with Crippen LogP contribution in [0.4, 0.5) is 0 Å². The number of carbonyl (C=O) groups is 1. The van der Waals surface area contributed by atoms with Crippen LogP contribution in [0.3, 0.4) is 0 Å². The van der Waals surface area contributed by atoms with E-state index in [9.17, 15) is 4.79 Å². The summed E-state index contributed by atoms with van der Waals surface area (Å²) in [6, 6.07) is 0. The van der Waals surface area contributed by atoms with Crippen LogP contribution in [0.1, 0.15) is 0 Å². The van der Waals surface area contributed by atoms with E-state index in [-0.39, 0.29) is 18.4 Å². The molecule has 98 valence electrons. The molecule has 0 radical (unpaired) electrons. The van der Waals surface area contributed by atoms with Crippen molar-refractivity contribution in [2.24, 2.45) is 22.1 Å². The number of ether oxygens (including phenoxy) is 2. The lowest BCUT2D eigenvalue weighted by atomic mass is 9.95. The fourth-order valence-corrected chi connectivity index (χ4v) is 1.41. The lowest BCUT2D eigenvalue weighted by Gasteiger charge is -2.19. The fourth-order valence-electron chi connectivity index (χ4n) is 1.41. The molecule has 7 heteroatoms. The Morgan fingerprint density at radius 1 is 1.39 bits per heavy atom. The summed E-state index contributed by atoms with van der Waals surface area (Å²) in [5.74, 6) is -0.711. The van der Waals surface area contributed by atoms with Crippen LogP contribution < -0.4 is 0 Å². The number of hydrogen-bond donors (Lipinski definition) is 2. The van der Waals surface area contributed by atoms with E-state index in [4.69, 9.17) is 15.2 Å². The smallest absolute Gasteiger partial charge is 0.343 e. The van der Waals surface area contributed by atoms with Gasteiger partial charge in [0.05, 0.1) is 25.5 Å². The number of esters is 1. The molecule has 2 atom stereocenters. The number of allylic oxidation sites excluding steroid dienone is 3. The summed E-state index contributed by atoms with van der Waals surface area (Å²) in [5, 5.41) is 22.8. The number of oxime groups is 2. The highest BCUT2D eigenvalue weighted by atomic mass is 16.6. The van der Waals surface area contributed by atoms with Crippen molar-refractivity contribution < 1.29 is 24.7 Å². The van der Waals surface area contributed by atoms with Gasteiger partial charge < -0.3 is 19.9 Å². The van der Waals surface area contributed by atoms with E-state index in [1.54, 1.807) is 18.2 Å². The quantitative estimate of drug-likeness (QED) is 0.248. The van der Waals surface area contributed by atoms with E-state index in [1.807, 2.05) is 0 Å². The van der Waals surface area contributed by atoms with E-state index in [2.05, 4.69) is 15.0 Å². The largest absolute Gasteiger partial charge is 0.486 e. The molecule has 7 nitrogen and oxygen atoms in total. The van der Waals surface area contributed by atoms with Crippen LogP contribution in [-0.4, -0.2) is 42.5 Å². The van der Waals surface area contributed by atoms with Gasteiger partial charge in [-0.05, 0) is 6.08 Å². The maximum absolute atomic E-state index is 11.0. The van der Waals surface area contributed by atoms with Gasteiger partial charge in [-0.25, -0.2) is 4.79 Å². The van der Waals surface area contributed by atoms with E-state index in [0.717, 1.165) is 0 Å². The Balaban J connectivity index is 2.74. The second-order valence-corrected chi connectivity index (χ2v) is 3.45. The predicted octanol–water partition coefficient (Wildman–Crippen LogP) is 0.782. The molecule has 0 spiro atoms. The molecule has 0 aliphatic heterocycles. The summed E-state index contributed by atoms with van der Waals surface area (Å²) in [4.78, 5) is 11.0. The molecule has 0 aromatic heterocycles. The molecule has 0 saturated heterocycles. The Morgan fingerprint density at radius 3 is 2.72 bits per heavy atom. The van der Waals surface area contributed by atoms with E-state index >= 15 is 0 Å². The maximum atomic E-state index is 11.0. The first-order valence-corrected chi connectivity index (χ1v) is 5.16. The van der Waals surface area contributed by atoms with Crippen LogP contribution in [0.25, 0.3) is 0 Å². The number of methoxy groups -OCH3 is 1. The second-order valence-electron chi connectivity index (χ2n) is 3.45. The highest BCUT2D eigenvalue weighted by Crippen LogP contribution is 2.21. The molecule has 18 heavy (non-hydrogen) atoms. The molecule has 0 bridgehead atoms. The van der Waals surface area contributed by atoms with Gasteiger partial charge in [0.25, 0.3) is 0 Å². The topological polar surface area (TPSA) is 101 Å². The van der Waals surface area contributed by atoms with E-state index < -0.39 is 5.97 Å². The third-order valence-corrected chi connectivity index (χ3v) is 2.28. The molecule has 2 unspecified atom stereocenters. The van der Waals surface area contributed by atoms with Crippen LogP contribution in [-0.2, 0) is 14.3 Å². The Morgan fingerprint density at radius 2 is 2.11 bits per heavy atom. The monoisotopic (exact) mass is 254 g/mol. The first-order valence-electron chi connectivity index (χ1n) is 5.16. The highest BCUT2D eigenvalue weighted by Gasteiger charge is 2.18. The van der Waals surface area contributed by atoms with E-state index in [1.165, 1.54) is 19.5 Å². The molecular weight excluding hydrogens is 240 g/mol. The van der Waals surface area contributed by atoms with Crippen molar-refractivity contribution in [2.45, 2.75) is 0 Å². The van der Waals surface area contributed by atoms with Crippen molar-refractivity contribution in [2.75, 3.05) is 13.7 Å².